The number of hydrogen-bond donors (Lipinski definition) is 1. The lowest BCUT2D eigenvalue weighted by Crippen LogP contribution is -2.24. The monoisotopic (exact) mass is 286 g/mol. The number of fused-ring (bicyclic) bond motifs is 1. The van der Waals surface area contributed by atoms with E-state index in [1.165, 1.54) is 0 Å². The molecule has 0 amide bonds. The third-order valence-electron chi connectivity index (χ3n) is 3.01. The van der Waals surface area contributed by atoms with E-state index >= 15 is 0 Å². The third-order valence-corrected chi connectivity index (χ3v) is 3.01. The van der Waals surface area contributed by atoms with Crippen molar-refractivity contribution < 1.29 is 4.74 Å². The van der Waals surface area contributed by atoms with Gasteiger partial charge < -0.3 is 10.1 Å². The first-order valence-electron chi connectivity index (χ1n) is 7.63. The first-order chi connectivity index (χ1) is 9.85. The quantitative estimate of drug-likeness (QED) is 0.896. The van der Waals surface area contributed by atoms with Crippen molar-refractivity contribution in [3.05, 3.63) is 36.0 Å². The smallest absolute Gasteiger partial charge is 0.131 e. The number of hydrogen-bond acceptors (Lipinski definition) is 3. The van der Waals surface area contributed by atoms with E-state index in [-0.39, 0.29) is 5.60 Å². The van der Waals surface area contributed by atoms with Crippen molar-refractivity contribution in [2.45, 2.75) is 46.8 Å². The second kappa shape index (κ2) is 6.44. The summed E-state index contributed by atoms with van der Waals surface area (Å²) in [4.78, 5) is 4.72. The van der Waals surface area contributed by atoms with Crippen LogP contribution in [0, 0.1) is 5.92 Å². The van der Waals surface area contributed by atoms with Gasteiger partial charge in [-0.1, -0.05) is 26.0 Å². The van der Waals surface area contributed by atoms with E-state index in [2.05, 4.69) is 52.1 Å². The average Bonchev–Trinajstić information content (AvgIpc) is 2.36. The Balaban J connectivity index is 2.30. The van der Waals surface area contributed by atoms with Crippen LogP contribution in [0.15, 0.2) is 30.3 Å². The highest BCUT2D eigenvalue weighted by molar-refractivity contribution is 5.85. The predicted molar refractivity (Wildman–Crippen MR) is 88.7 cm³/mol. The van der Waals surface area contributed by atoms with Gasteiger partial charge in [-0.05, 0) is 45.4 Å². The SMILES string of the molecule is CC(C)CNCc1cc(OC(C)(C)C)c2ccccc2n1. The molecule has 1 aromatic carbocycles. The van der Waals surface area contributed by atoms with Crippen LogP contribution in [0.3, 0.4) is 0 Å². The molecular weight excluding hydrogens is 260 g/mol. The van der Waals surface area contributed by atoms with E-state index in [1.54, 1.807) is 0 Å². The molecule has 114 valence electrons. The molecule has 0 saturated carbocycles. The zero-order valence-corrected chi connectivity index (χ0v) is 13.7. The largest absolute Gasteiger partial charge is 0.487 e. The normalized spacial score (nSPS) is 12.1. The molecular formula is C18H26N2O. The van der Waals surface area contributed by atoms with Crippen LogP contribution in [0.5, 0.6) is 5.75 Å². The van der Waals surface area contributed by atoms with Crippen molar-refractivity contribution in [2.24, 2.45) is 5.92 Å². The highest BCUT2D eigenvalue weighted by Crippen LogP contribution is 2.28. The molecule has 0 aliphatic rings. The van der Waals surface area contributed by atoms with Crippen LogP contribution in [0.2, 0.25) is 0 Å². The summed E-state index contributed by atoms with van der Waals surface area (Å²) < 4.78 is 6.12. The molecule has 0 atom stereocenters. The Bertz CT molecular complexity index is 600. The van der Waals surface area contributed by atoms with E-state index in [9.17, 15) is 0 Å². The standard InChI is InChI=1S/C18H26N2O/c1-13(2)11-19-12-14-10-17(21-18(3,4)5)15-8-6-7-9-16(15)20-14/h6-10,13,19H,11-12H2,1-5H3. The van der Waals surface area contributed by atoms with E-state index in [1.807, 2.05) is 18.2 Å². The molecule has 0 bridgehead atoms. The van der Waals surface area contributed by atoms with Crippen LogP contribution in [0.1, 0.15) is 40.3 Å². The summed E-state index contributed by atoms with van der Waals surface area (Å²) in [7, 11) is 0. The van der Waals surface area contributed by atoms with Crippen molar-refractivity contribution in [3.8, 4) is 5.75 Å². The Morgan fingerprint density at radius 3 is 2.57 bits per heavy atom. The summed E-state index contributed by atoms with van der Waals surface area (Å²) in [6, 6.07) is 10.2. The Morgan fingerprint density at radius 1 is 1.19 bits per heavy atom. The summed E-state index contributed by atoms with van der Waals surface area (Å²) in [5, 5.41) is 4.51. The van der Waals surface area contributed by atoms with Gasteiger partial charge in [-0.25, -0.2) is 0 Å². The Hall–Kier alpha value is -1.61. The minimum Gasteiger partial charge on any atom is -0.487 e. The van der Waals surface area contributed by atoms with Gasteiger partial charge in [-0.3, -0.25) is 4.98 Å². The average molecular weight is 286 g/mol. The van der Waals surface area contributed by atoms with Crippen LogP contribution in [0.4, 0.5) is 0 Å². The van der Waals surface area contributed by atoms with Gasteiger partial charge in [0.2, 0.25) is 0 Å². The molecule has 2 aromatic rings. The molecule has 0 aliphatic heterocycles. The first kappa shape index (κ1) is 15.8. The molecule has 21 heavy (non-hydrogen) atoms. The number of benzene rings is 1. The molecule has 1 aromatic heterocycles. The van der Waals surface area contributed by atoms with E-state index in [0.29, 0.717) is 5.92 Å². The van der Waals surface area contributed by atoms with Crippen molar-refractivity contribution in [1.29, 1.82) is 0 Å². The van der Waals surface area contributed by atoms with Gasteiger partial charge in [0, 0.05) is 18.0 Å². The Labute approximate surface area is 127 Å². The molecule has 0 saturated heterocycles. The van der Waals surface area contributed by atoms with Gasteiger partial charge in [0.15, 0.2) is 0 Å². The van der Waals surface area contributed by atoms with Gasteiger partial charge in [0.05, 0.1) is 11.2 Å². The number of rotatable bonds is 5. The zero-order valence-electron chi connectivity index (χ0n) is 13.7. The van der Waals surface area contributed by atoms with Crippen molar-refractivity contribution in [1.82, 2.24) is 10.3 Å². The fourth-order valence-electron chi connectivity index (χ4n) is 2.19. The maximum absolute atomic E-state index is 6.12. The Kier molecular flexibility index (Phi) is 4.84. The topological polar surface area (TPSA) is 34.1 Å². The number of ether oxygens (including phenoxy) is 1. The van der Waals surface area contributed by atoms with Crippen LogP contribution in [0.25, 0.3) is 10.9 Å². The second-order valence-electron chi connectivity index (χ2n) is 6.87. The number of nitrogens with zero attached hydrogens (tertiary/aromatic N) is 1. The van der Waals surface area contributed by atoms with Gasteiger partial charge in [0.25, 0.3) is 0 Å². The van der Waals surface area contributed by atoms with Crippen molar-refractivity contribution >= 4 is 10.9 Å². The molecule has 0 aliphatic carbocycles. The molecule has 2 rings (SSSR count). The lowest BCUT2D eigenvalue weighted by Gasteiger charge is -2.23. The fourth-order valence-corrected chi connectivity index (χ4v) is 2.19. The highest BCUT2D eigenvalue weighted by atomic mass is 16.5. The number of pyridine rings is 1. The maximum atomic E-state index is 6.12. The van der Waals surface area contributed by atoms with E-state index < -0.39 is 0 Å². The summed E-state index contributed by atoms with van der Waals surface area (Å²) in [6.07, 6.45) is 0. The molecule has 3 heteroatoms. The lowest BCUT2D eigenvalue weighted by molar-refractivity contribution is 0.133. The summed E-state index contributed by atoms with van der Waals surface area (Å²) in [5.74, 6) is 1.55. The van der Waals surface area contributed by atoms with Crippen LogP contribution < -0.4 is 10.1 Å². The van der Waals surface area contributed by atoms with E-state index in [0.717, 1.165) is 35.4 Å². The predicted octanol–water partition coefficient (Wildman–Crippen LogP) is 4.16. The summed E-state index contributed by atoms with van der Waals surface area (Å²) >= 11 is 0. The molecule has 1 N–H and O–H groups in total. The van der Waals surface area contributed by atoms with Crippen molar-refractivity contribution in [3.63, 3.8) is 0 Å². The molecule has 1 heterocycles. The van der Waals surface area contributed by atoms with Crippen LogP contribution in [-0.4, -0.2) is 17.1 Å². The molecule has 0 fully saturated rings. The summed E-state index contributed by atoms with van der Waals surface area (Å²) in [6.45, 7) is 12.4. The van der Waals surface area contributed by atoms with Gasteiger partial charge in [-0.15, -0.1) is 0 Å². The molecule has 0 unspecified atom stereocenters. The fraction of sp³-hybridized carbons (Fsp3) is 0.500. The van der Waals surface area contributed by atoms with Gasteiger partial charge >= 0.3 is 0 Å². The number of aromatic nitrogens is 1. The number of para-hydroxylation sites is 1. The molecule has 0 spiro atoms. The minimum atomic E-state index is -0.216. The van der Waals surface area contributed by atoms with Gasteiger partial charge in [0.1, 0.15) is 11.4 Å². The van der Waals surface area contributed by atoms with Crippen LogP contribution >= 0.6 is 0 Å². The van der Waals surface area contributed by atoms with Crippen LogP contribution in [-0.2, 0) is 6.54 Å². The summed E-state index contributed by atoms with van der Waals surface area (Å²) in [5.41, 5.74) is 1.79. The zero-order chi connectivity index (χ0) is 15.5. The lowest BCUT2D eigenvalue weighted by atomic mass is 10.1. The third kappa shape index (κ3) is 4.71. The second-order valence-corrected chi connectivity index (χ2v) is 6.87. The molecule has 3 nitrogen and oxygen atoms in total. The Morgan fingerprint density at radius 2 is 1.90 bits per heavy atom. The number of nitrogens with one attached hydrogen (secondary N) is 1. The first-order valence-corrected chi connectivity index (χ1v) is 7.63. The van der Waals surface area contributed by atoms with Gasteiger partial charge in [-0.2, -0.15) is 0 Å². The van der Waals surface area contributed by atoms with Crippen molar-refractivity contribution in [2.75, 3.05) is 6.54 Å². The minimum absolute atomic E-state index is 0.216. The maximum Gasteiger partial charge on any atom is 0.131 e. The highest BCUT2D eigenvalue weighted by Gasteiger charge is 2.15. The van der Waals surface area contributed by atoms with E-state index in [4.69, 9.17) is 9.72 Å². The molecule has 0 radical (unpaired) electrons.